The molecule has 0 fully saturated rings. The van der Waals surface area contributed by atoms with Crippen LogP contribution >= 0.6 is 0 Å². The first-order chi connectivity index (χ1) is 16.3. The molecule has 34 heavy (non-hydrogen) atoms. The number of allylic oxidation sites excluding steroid dienone is 3. The van der Waals surface area contributed by atoms with Crippen molar-refractivity contribution in [2.75, 3.05) is 6.54 Å². The summed E-state index contributed by atoms with van der Waals surface area (Å²) in [6.45, 7) is 8.87. The van der Waals surface area contributed by atoms with E-state index >= 15 is 0 Å². The zero-order valence-electron chi connectivity index (χ0n) is 20.6. The fourth-order valence-corrected chi connectivity index (χ4v) is 5.61. The quantitative estimate of drug-likeness (QED) is 0.630. The minimum Gasteiger partial charge on any atom is -0.326 e. The second-order valence-electron chi connectivity index (χ2n) is 10.2. The van der Waals surface area contributed by atoms with E-state index in [-0.39, 0.29) is 23.2 Å². The van der Waals surface area contributed by atoms with Crippen LogP contribution in [0.15, 0.2) is 48.1 Å². The van der Waals surface area contributed by atoms with Crippen molar-refractivity contribution < 1.29 is 4.79 Å². The first-order valence-corrected chi connectivity index (χ1v) is 12.3. The lowest BCUT2D eigenvalue weighted by molar-refractivity contribution is -0.121. The molecule has 5 nitrogen and oxygen atoms in total. The fourth-order valence-electron chi connectivity index (χ4n) is 5.61. The molecule has 1 aromatic carbocycles. The first kappa shape index (κ1) is 24.0. The predicted octanol–water partition coefficient (Wildman–Crippen LogP) is 5.41. The van der Waals surface area contributed by atoms with Crippen LogP contribution < -0.4 is 5.73 Å². The van der Waals surface area contributed by atoms with Crippen molar-refractivity contribution >= 4 is 11.4 Å². The minimum atomic E-state index is -0.509. The highest BCUT2D eigenvalue weighted by Gasteiger charge is 2.49. The van der Waals surface area contributed by atoms with Gasteiger partial charge in [-0.15, -0.1) is 0 Å². The second-order valence-corrected chi connectivity index (χ2v) is 10.2. The van der Waals surface area contributed by atoms with Crippen molar-refractivity contribution in [2.45, 2.75) is 58.8 Å². The van der Waals surface area contributed by atoms with Gasteiger partial charge in [-0.3, -0.25) is 4.79 Å². The highest BCUT2D eigenvalue weighted by molar-refractivity contribution is 6.02. The predicted molar refractivity (Wildman–Crippen MR) is 136 cm³/mol. The van der Waals surface area contributed by atoms with Crippen LogP contribution in [0.25, 0.3) is 16.8 Å². The van der Waals surface area contributed by atoms with Gasteiger partial charge in [-0.25, -0.2) is 9.97 Å². The molecule has 0 radical (unpaired) electrons. The molecule has 2 aliphatic rings. The minimum absolute atomic E-state index is 0.0535. The van der Waals surface area contributed by atoms with Gasteiger partial charge in [-0.2, -0.15) is 5.26 Å². The third-order valence-electron chi connectivity index (χ3n) is 7.53. The van der Waals surface area contributed by atoms with Crippen molar-refractivity contribution in [3.05, 3.63) is 65.1 Å². The van der Waals surface area contributed by atoms with Gasteiger partial charge in [0.05, 0.1) is 17.0 Å². The van der Waals surface area contributed by atoms with Crippen LogP contribution in [0, 0.1) is 29.1 Å². The summed E-state index contributed by atoms with van der Waals surface area (Å²) in [4.78, 5) is 23.0. The van der Waals surface area contributed by atoms with Gasteiger partial charge in [0.25, 0.3) is 0 Å². The molecule has 5 heteroatoms. The van der Waals surface area contributed by atoms with Gasteiger partial charge in [0.2, 0.25) is 0 Å². The number of aromatic nitrogens is 2. The van der Waals surface area contributed by atoms with Crippen LogP contribution in [-0.4, -0.2) is 22.3 Å². The maximum absolute atomic E-state index is 12.8. The van der Waals surface area contributed by atoms with E-state index in [0.29, 0.717) is 18.3 Å². The number of hydrogen-bond acceptors (Lipinski definition) is 5. The maximum Gasteiger partial charge on any atom is 0.176 e. The average Bonchev–Trinajstić information content (AvgIpc) is 2.84. The van der Waals surface area contributed by atoms with Crippen LogP contribution in [0.3, 0.4) is 0 Å². The highest BCUT2D eigenvalue weighted by atomic mass is 16.1. The Morgan fingerprint density at radius 3 is 2.68 bits per heavy atom. The zero-order chi connectivity index (χ0) is 24.5. The molecule has 0 bridgehead atoms. The average molecular weight is 455 g/mol. The second kappa shape index (κ2) is 9.64. The maximum atomic E-state index is 12.8. The molecule has 2 aromatic rings. The van der Waals surface area contributed by atoms with Gasteiger partial charge in [0.15, 0.2) is 11.6 Å². The Balaban J connectivity index is 1.95. The number of carbonyl (C=O) groups is 1. The SMILES string of the molecule is CC(C)CC/C=C(\CN)c1nc(-c2ccccc2)c2c(n1)[C@]1(C)C=C(C#N)C(=O)[C@H](C)[C@H]1CC2. The molecule has 1 heterocycles. The lowest BCUT2D eigenvalue weighted by Gasteiger charge is -2.45. The number of carbonyl (C=O) groups excluding carboxylic acids is 1. The van der Waals surface area contributed by atoms with Gasteiger partial charge in [-0.05, 0) is 37.5 Å². The molecule has 3 atom stereocenters. The van der Waals surface area contributed by atoms with Gasteiger partial charge in [0, 0.05) is 34.6 Å². The van der Waals surface area contributed by atoms with Gasteiger partial charge >= 0.3 is 0 Å². The summed E-state index contributed by atoms with van der Waals surface area (Å²) in [5.74, 6) is 1.09. The molecule has 176 valence electrons. The number of rotatable bonds is 6. The van der Waals surface area contributed by atoms with E-state index in [4.69, 9.17) is 15.7 Å². The molecule has 0 saturated heterocycles. The normalized spacial score (nSPS) is 24.3. The highest BCUT2D eigenvalue weighted by Crippen LogP contribution is 2.50. The lowest BCUT2D eigenvalue weighted by atomic mass is 9.57. The number of ketones is 1. The molecule has 2 N–H and O–H groups in total. The topological polar surface area (TPSA) is 92.7 Å². The van der Waals surface area contributed by atoms with Crippen LogP contribution in [-0.2, 0) is 16.6 Å². The Labute approximate surface area is 202 Å². The summed E-state index contributed by atoms with van der Waals surface area (Å²) >= 11 is 0. The standard InChI is InChI=1S/C29H34N4O/c1-18(2)9-8-12-21(16-30)28-32-25(20-10-6-5-7-11-20)23-13-14-24-19(3)26(34)22(17-31)15-29(24,4)27(23)33-28/h5-7,10-12,15,18-19,24H,8-9,13-14,16,30H2,1-4H3/b21-12+/t19-,24-,29-/m1/s1. The lowest BCUT2D eigenvalue weighted by Crippen LogP contribution is -2.46. The molecule has 1 aromatic heterocycles. The number of nitrogens with two attached hydrogens (primary N) is 1. The monoisotopic (exact) mass is 454 g/mol. The Morgan fingerprint density at radius 1 is 1.29 bits per heavy atom. The molecule has 0 amide bonds. The molecule has 2 aliphatic carbocycles. The van der Waals surface area contributed by atoms with Crippen molar-refractivity contribution in [1.82, 2.24) is 9.97 Å². The summed E-state index contributed by atoms with van der Waals surface area (Å²) in [5.41, 5.74) is 10.9. The first-order valence-electron chi connectivity index (χ1n) is 12.3. The molecule has 0 saturated carbocycles. The molecule has 0 aliphatic heterocycles. The Kier molecular flexibility index (Phi) is 6.81. The summed E-state index contributed by atoms with van der Waals surface area (Å²) in [6, 6.07) is 12.3. The number of hydrogen-bond donors (Lipinski definition) is 1. The third-order valence-corrected chi connectivity index (χ3v) is 7.53. The largest absolute Gasteiger partial charge is 0.326 e. The summed E-state index contributed by atoms with van der Waals surface area (Å²) in [7, 11) is 0. The zero-order valence-corrected chi connectivity index (χ0v) is 20.6. The van der Waals surface area contributed by atoms with E-state index in [1.54, 1.807) is 0 Å². The smallest absolute Gasteiger partial charge is 0.176 e. The Morgan fingerprint density at radius 2 is 2.03 bits per heavy atom. The van der Waals surface area contributed by atoms with Crippen molar-refractivity contribution in [1.29, 1.82) is 5.26 Å². The van der Waals surface area contributed by atoms with Crippen LogP contribution in [0.5, 0.6) is 0 Å². The van der Waals surface area contributed by atoms with Gasteiger partial charge in [0.1, 0.15) is 6.07 Å². The van der Waals surface area contributed by atoms with Crippen LogP contribution in [0.2, 0.25) is 0 Å². The molecular weight excluding hydrogens is 420 g/mol. The number of fused-ring (bicyclic) bond motifs is 3. The number of benzene rings is 1. The van der Waals surface area contributed by atoms with E-state index < -0.39 is 5.41 Å². The van der Waals surface area contributed by atoms with Crippen LogP contribution in [0.1, 0.15) is 64.0 Å². The van der Waals surface area contributed by atoms with Gasteiger partial charge < -0.3 is 5.73 Å². The third kappa shape index (κ3) is 4.23. The van der Waals surface area contributed by atoms with Gasteiger partial charge in [-0.1, -0.05) is 70.2 Å². The Bertz CT molecular complexity index is 1190. The molecule has 4 rings (SSSR count). The summed E-state index contributed by atoms with van der Waals surface area (Å²) in [5, 5.41) is 9.69. The van der Waals surface area contributed by atoms with Crippen molar-refractivity contribution in [3.8, 4) is 17.3 Å². The van der Waals surface area contributed by atoms with E-state index in [9.17, 15) is 10.1 Å². The van der Waals surface area contributed by atoms with E-state index in [2.05, 4.69) is 45.0 Å². The van der Waals surface area contributed by atoms with Crippen molar-refractivity contribution in [3.63, 3.8) is 0 Å². The molecular formula is C29H34N4O. The number of nitriles is 1. The molecule has 0 spiro atoms. The van der Waals surface area contributed by atoms with E-state index in [0.717, 1.165) is 53.8 Å². The van der Waals surface area contributed by atoms with Crippen molar-refractivity contribution in [2.24, 2.45) is 23.5 Å². The summed E-state index contributed by atoms with van der Waals surface area (Å²) in [6.07, 6.45) is 7.71. The van der Waals surface area contributed by atoms with E-state index in [1.165, 1.54) is 0 Å². The van der Waals surface area contributed by atoms with E-state index in [1.807, 2.05) is 31.2 Å². The number of nitrogens with zero attached hydrogens (tertiary/aromatic N) is 3. The summed E-state index contributed by atoms with van der Waals surface area (Å²) < 4.78 is 0. The Hall–Kier alpha value is -3.10. The fraction of sp³-hybridized carbons (Fsp3) is 0.448. The number of Topliss-reactive ketones (excluding diaryl/α,β-unsaturated/α-hetero) is 1. The van der Waals surface area contributed by atoms with Crippen LogP contribution in [0.4, 0.5) is 0 Å². The molecule has 0 unspecified atom stereocenters.